The number of nitrogens with two attached hydrogens (primary N) is 1. The van der Waals surface area contributed by atoms with Crippen molar-refractivity contribution in [1.29, 1.82) is 0 Å². The summed E-state index contributed by atoms with van der Waals surface area (Å²) in [6, 6.07) is 8.84. The van der Waals surface area contributed by atoms with Crippen LogP contribution in [0.2, 0.25) is 0 Å². The highest BCUT2D eigenvalue weighted by Gasteiger charge is 2.48. The number of hydrogen-bond donors (Lipinski definition) is 2. The first-order valence-corrected chi connectivity index (χ1v) is 9.92. The molecular formula is C18H15BrN4O4S. The fourth-order valence-corrected chi connectivity index (χ4v) is 4.62. The van der Waals surface area contributed by atoms with Gasteiger partial charge in [0, 0.05) is 31.6 Å². The average molecular weight is 463 g/mol. The third-order valence-corrected chi connectivity index (χ3v) is 6.24. The summed E-state index contributed by atoms with van der Waals surface area (Å²) in [5.74, 6) is -0.915. The molecule has 0 spiro atoms. The van der Waals surface area contributed by atoms with Crippen LogP contribution in [0.4, 0.5) is 0 Å². The van der Waals surface area contributed by atoms with E-state index in [0.717, 1.165) is 5.56 Å². The van der Waals surface area contributed by atoms with Gasteiger partial charge in [-0.3, -0.25) is 9.59 Å². The molecule has 1 atom stereocenters. The Bertz CT molecular complexity index is 1090. The number of primary amides is 1. The fourth-order valence-electron chi connectivity index (χ4n) is 3.16. The van der Waals surface area contributed by atoms with Gasteiger partial charge in [-0.25, -0.2) is 4.98 Å². The van der Waals surface area contributed by atoms with Crippen molar-refractivity contribution >= 4 is 39.1 Å². The van der Waals surface area contributed by atoms with E-state index in [1.807, 2.05) is 18.2 Å². The summed E-state index contributed by atoms with van der Waals surface area (Å²) in [5, 5.41) is 14.7. The second kappa shape index (κ2) is 6.80. The third-order valence-electron chi connectivity index (χ3n) is 4.68. The van der Waals surface area contributed by atoms with E-state index >= 15 is 0 Å². The first-order chi connectivity index (χ1) is 13.3. The van der Waals surface area contributed by atoms with Crippen molar-refractivity contribution in [3.8, 4) is 21.7 Å². The lowest BCUT2D eigenvalue weighted by Crippen LogP contribution is -2.35. The summed E-state index contributed by atoms with van der Waals surface area (Å²) in [4.78, 5) is 30.1. The van der Waals surface area contributed by atoms with Crippen molar-refractivity contribution in [2.24, 2.45) is 5.73 Å². The number of aliphatic hydroxyl groups is 1. The number of likely N-dealkylation sites (tertiary alicyclic amines) is 1. The molecule has 1 saturated heterocycles. The second-order valence-corrected chi connectivity index (χ2v) is 8.78. The van der Waals surface area contributed by atoms with E-state index in [1.165, 1.54) is 16.2 Å². The predicted octanol–water partition coefficient (Wildman–Crippen LogP) is 2.38. The number of thiazole rings is 1. The minimum absolute atomic E-state index is 0.112. The van der Waals surface area contributed by atoms with E-state index in [4.69, 9.17) is 10.3 Å². The van der Waals surface area contributed by atoms with Crippen LogP contribution in [0.15, 0.2) is 38.8 Å². The van der Waals surface area contributed by atoms with E-state index in [-0.39, 0.29) is 17.9 Å². The lowest BCUT2D eigenvalue weighted by Gasteiger charge is -2.16. The van der Waals surface area contributed by atoms with Crippen LogP contribution in [-0.2, 0) is 10.4 Å². The van der Waals surface area contributed by atoms with Crippen LogP contribution in [0.5, 0.6) is 0 Å². The molecule has 8 nitrogen and oxygen atoms in total. The Hall–Kier alpha value is -2.56. The minimum atomic E-state index is -1.70. The molecule has 0 radical (unpaired) electrons. The number of benzene rings is 1. The van der Waals surface area contributed by atoms with Crippen LogP contribution in [0.1, 0.15) is 22.7 Å². The van der Waals surface area contributed by atoms with E-state index < -0.39 is 17.4 Å². The minimum Gasteiger partial charge on any atom is -0.373 e. The van der Waals surface area contributed by atoms with Crippen molar-refractivity contribution in [2.45, 2.75) is 12.0 Å². The zero-order valence-electron chi connectivity index (χ0n) is 14.7. The van der Waals surface area contributed by atoms with Gasteiger partial charge < -0.3 is 20.3 Å². The fraction of sp³-hybridized carbons (Fsp3) is 0.222. The van der Waals surface area contributed by atoms with Crippen LogP contribution in [0, 0.1) is 0 Å². The van der Waals surface area contributed by atoms with Gasteiger partial charge >= 0.3 is 0 Å². The van der Waals surface area contributed by atoms with Gasteiger partial charge in [0.15, 0.2) is 9.68 Å². The SMILES string of the molecule is CN1CCC(O)(c2cc(-c3cccc(-c4sc(Br)nc4C(N)=O)c3)no2)C1=O. The average Bonchev–Trinajstić information content (AvgIpc) is 3.38. The Labute approximate surface area is 172 Å². The Kier molecular flexibility index (Phi) is 4.56. The monoisotopic (exact) mass is 462 g/mol. The van der Waals surface area contributed by atoms with E-state index in [2.05, 4.69) is 26.1 Å². The molecule has 1 aliphatic heterocycles. The molecule has 2 aromatic heterocycles. The topological polar surface area (TPSA) is 123 Å². The number of amides is 2. The summed E-state index contributed by atoms with van der Waals surface area (Å²) in [6.07, 6.45) is 0.244. The number of carbonyl (C=O) groups is 2. The highest BCUT2D eigenvalue weighted by molar-refractivity contribution is 9.11. The highest BCUT2D eigenvalue weighted by Crippen LogP contribution is 2.37. The first kappa shape index (κ1) is 18.8. The normalized spacial score (nSPS) is 19.4. The zero-order valence-corrected chi connectivity index (χ0v) is 17.1. The van der Waals surface area contributed by atoms with Gasteiger partial charge in [0.25, 0.3) is 11.8 Å². The number of nitrogens with zero attached hydrogens (tertiary/aromatic N) is 3. The number of hydrogen-bond acceptors (Lipinski definition) is 7. The largest absolute Gasteiger partial charge is 0.373 e. The van der Waals surface area contributed by atoms with E-state index in [9.17, 15) is 14.7 Å². The molecular weight excluding hydrogens is 448 g/mol. The van der Waals surface area contributed by atoms with Crippen molar-refractivity contribution in [1.82, 2.24) is 15.0 Å². The summed E-state index contributed by atoms with van der Waals surface area (Å²) in [5.41, 5.74) is 5.83. The third kappa shape index (κ3) is 3.03. The van der Waals surface area contributed by atoms with E-state index in [0.29, 0.717) is 26.6 Å². The van der Waals surface area contributed by atoms with Crippen LogP contribution in [-0.4, -0.2) is 45.6 Å². The highest BCUT2D eigenvalue weighted by atomic mass is 79.9. The van der Waals surface area contributed by atoms with Crippen molar-refractivity contribution in [2.75, 3.05) is 13.6 Å². The Balaban J connectivity index is 1.71. The standard InChI is InChI=1S/C18H15BrN4O4S/c1-23-6-5-18(26,16(23)25)12-8-11(22-27-12)9-3-2-4-10(7-9)14-13(15(20)24)21-17(19)28-14/h2-4,7-8,26H,5-6H2,1H3,(H2,20,24). The number of likely N-dealkylation sites (N-methyl/N-ethyl adjacent to an activating group) is 1. The molecule has 28 heavy (non-hydrogen) atoms. The summed E-state index contributed by atoms with van der Waals surface area (Å²) >= 11 is 4.57. The molecule has 3 aromatic rings. The molecule has 4 rings (SSSR count). The molecule has 0 aliphatic carbocycles. The lowest BCUT2D eigenvalue weighted by molar-refractivity contribution is -0.144. The van der Waals surface area contributed by atoms with Crippen molar-refractivity contribution in [3.63, 3.8) is 0 Å². The molecule has 2 amide bonds. The van der Waals surface area contributed by atoms with Gasteiger partial charge in [0.2, 0.25) is 5.60 Å². The quantitative estimate of drug-likeness (QED) is 0.613. The van der Waals surface area contributed by atoms with Crippen LogP contribution < -0.4 is 5.73 Å². The Morgan fingerprint density at radius 3 is 2.82 bits per heavy atom. The second-order valence-electron chi connectivity index (χ2n) is 6.50. The van der Waals surface area contributed by atoms with Gasteiger partial charge in [0.05, 0.1) is 4.88 Å². The maximum atomic E-state index is 12.3. The smallest absolute Gasteiger partial charge is 0.268 e. The molecule has 1 fully saturated rings. The molecule has 3 heterocycles. The maximum Gasteiger partial charge on any atom is 0.268 e. The number of carbonyl (C=O) groups excluding carboxylic acids is 2. The Morgan fingerprint density at radius 1 is 1.39 bits per heavy atom. The molecule has 0 saturated carbocycles. The van der Waals surface area contributed by atoms with Crippen LogP contribution >= 0.6 is 27.3 Å². The van der Waals surface area contributed by atoms with Gasteiger partial charge in [-0.1, -0.05) is 23.4 Å². The maximum absolute atomic E-state index is 12.3. The predicted molar refractivity (Wildman–Crippen MR) is 105 cm³/mol. The summed E-state index contributed by atoms with van der Waals surface area (Å²) in [7, 11) is 1.63. The number of halogens is 1. The Morgan fingerprint density at radius 2 is 2.14 bits per heavy atom. The zero-order chi connectivity index (χ0) is 20.1. The number of rotatable bonds is 4. The first-order valence-electron chi connectivity index (χ1n) is 8.31. The van der Waals surface area contributed by atoms with Gasteiger partial charge in [-0.15, -0.1) is 11.3 Å². The van der Waals surface area contributed by atoms with Crippen LogP contribution in [0.25, 0.3) is 21.7 Å². The van der Waals surface area contributed by atoms with Gasteiger partial charge in [0.1, 0.15) is 11.4 Å². The molecule has 1 unspecified atom stereocenters. The van der Waals surface area contributed by atoms with Crippen molar-refractivity contribution < 1.29 is 19.2 Å². The molecule has 1 aliphatic rings. The van der Waals surface area contributed by atoms with Gasteiger partial charge in [-0.05, 0) is 27.6 Å². The summed E-state index contributed by atoms with van der Waals surface area (Å²) < 4.78 is 5.85. The molecule has 1 aromatic carbocycles. The van der Waals surface area contributed by atoms with Crippen LogP contribution in [0.3, 0.4) is 0 Å². The lowest BCUT2D eigenvalue weighted by atomic mass is 9.98. The van der Waals surface area contributed by atoms with Gasteiger partial charge in [-0.2, -0.15) is 0 Å². The van der Waals surface area contributed by atoms with Crippen molar-refractivity contribution in [3.05, 3.63) is 45.7 Å². The molecule has 10 heteroatoms. The van der Waals surface area contributed by atoms with E-state index in [1.54, 1.807) is 19.2 Å². The summed E-state index contributed by atoms with van der Waals surface area (Å²) in [6.45, 7) is 0.441. The number of aromatic nitrogens is 2. The molecule has 144 valence electrons. The molecule has 0 bridgehead atoms. The molecule has 3 N–H and O–H groups in total.